The van der Waals surface area contributed by atoms with Crippen molar-refractivity contribution in [2.24, 2.45) is 0 Å². The minimum Gasteiger partial charge on any atom is -0.508 e. The summed E-state index contributed by atoms with van der Waals surface area (Å²) in [6.07, 6.45) is 0.802. The van der Waals surface area contributed by atoms with Crippen LogP contribution in [0.15, 0.2) is 36.4 Å². The lowest BCUT2D eigenvalue weighted by Crippen LogP contribution is -1.77. The van der Waals surface area contributed by atoms with Gasteiger partial charge >= 0.3 is 0 Å². The summed E-state index contributed by atoms with van der Waals surface area (Å²) in [6.45, 7) is 0. The van der Waals surface area contributed by atoms with E-state index in [-0.39, 0.29) is 0 Å². The molecule has 0 heterocycles. The van der Waals surface area contributed by atoms with Crippen LogP contribution in [0, 0.1) is 11.8 Å². The van der Waals surface area contributed by atoms with E-state index in [4.69, 9.17) is 0 Å². The van der Waals surface area contributed by atoms with Crippen LogP contribution in [-0.2, 0) is 0 Å². The Hall–Kier alpha value is -1.59. The van der Waals surface area contributed by atoms with E-state index in [1.807, 2.05) is 24.3 Å². The van der Waals surface area contributed by atoms with E-state index < -0.39 is 0 Å². The van der Waals surface area contributed by atoms with Gasteiger partial charge in [0.15, 0.2) is 0 Å². The molecule has 80 valence electrons. The van der Waals surface area contributed by atoms with E-state index in [2.05, 4.69) is 24.5 Å². The third-order valence-corrected chi connectivity index (χ3v) is 2.52. The molecule has 16 heavy (non-hydrogen) atoms. The second-order valence-corrected chi connectivity index (χ2v) is 3.97. The molecular formula is C14H12OS. The summed E-state index contributed by atoms with van der Waals surface area (Å²) in [4.78, 5) is 0. The van der Waals surface area contributed by atoms with Crippen LogP contribution in [0.2, 0.25) is 0 Å². The largest absolute Gasteiger partial charge is 0.508 e. The van der Waals surface area contributed by atoms with Crippen molar-refractivity contribution in [1.29, 1.82) is 0 Å². The molecule has 0 amide bonds. The Morgan fingerprint density at radius 3 is 2.62 bits per heavy atom. The lowest BCUT2D eigenvalue weighted by atomic mass is 10.1. The molecule has 0 aliphatic carbocycles. The lowest BCUT2D eigenvalue weighted by molar-refractivity contribution is 0.476. The van der Waals surface area contributed by atoms with Crippen molar-refractivity contribution in [2.45, 2.75) is 6.42 Å². The highest BCUT2D eigenvalue weighted by atomic mass is 32.1. The van der Waals surface area contributed by atoms with Gasteiger partial charge in [-0.25, -0.2) is 0 Å². The standard InChI is InChI=1S/C14H12OS/c15-14-7-6-12-9-11(3-1-2-8-16)4-5-13(12)10-14/h4-7,9-10,15-16H,2,8H2. The van der Waals surface area contributed by atoms with Gasteiger partial charge < -0.3 is 5.11 Å². The third-order valence-electron chi connectivity index (χ3n) is 2.29. The summed E-state index contributed by atoms with van der Waals surface area (Å²) in [7, 11) is 0. The molecule has 0 saturated carbocycles. The minimum atomic E-state index is 0.293. The zero-order valence-electron chi connectivity index (χ0n) is 8.77. The van der Waals surface area contributed by atoms with Gasteiger partial charge in [-0.1, -0.05) is 24.0 Å². The van der Waals surface area contributed by atoms with Gasteiger partial charge in [-0.15, -0.1) is 0 Å². The highest BCUT2D eigenvalue weighted by molar-refractivity contribution is 7.80. The van der Waals surface area contributed by atoms with Crippen molar-refractivity contribution in [3.8, 4) is 17.6 Å². The van der Waals surface area contributed by atoms with Crippen molar-refractivity contribution >= 4 is 23.4 Å². The monoisotopic (exact) mass is 228 g/mol. The average Bonchev–Trinajstić information content (AvgIpc) is 2.29. The maximum Gasteiger partial charge on any atom is 0.116 e. The summed E-state index contributed by atoms with van der Waals surface area (Å²) >= 11 is 4.11. The SMILES string of the molecule is Oc1ccc2cc(C#CCCS)ccc2c1. The van der Waals surface area contributed by atoms with E-state index >= 15 is 0 Å². The van der Waals surface area contributed by atoms with Crippen molar-refractivity contribution in [3.05, 3.63) is 42.0 Å². The number of hydrogen-bond donors (Lipinski definition) is 2. The van der Waals surface area contributed by atoms with Gasteiger partial charge in [-0.3, -0.25) is 0 Å². The maximum absolute atomic E-state index is 9.34. The Labute approximate surface area is 101 Å². The van der Waals surface area contributed by atoms with Gasteiger partial charge in [0.2, 0.25) is 0 Å². The van der Waals surface area contributed by atoms with Crippen molar-refractivity contribution in [2.75, 3.05) is 5.75 Å². The van der Waals surface area contributed by atoms with Crippen molar-refractivity contribution in [1.82, 2.24) is 0 Å². The number of phenols is 1. The highest BCUT2D eigenvalue weighted by Crippen LogP contribution is 2.20. The molecule has 0 bridgehead atoms. The first-order valence-electron chi connectivity index (χ1n) is 5.12. The molecule has 0 aliphatic rings. The second-order valence-electron chi connectivity index (χ2n) is 3.52. The van der Waals surface area contributed by atoms with Crippen LogP contribution in [-0.4, -0.2) is 10.9 Å². The van der Waals surface area contributed by atoms with Crippen LogP contribution >= 0.6 is 12.6 Å². The lowest BCUT2D eigenvalue weighted by Gasteiger charge is -1.99. The van der Waals surface area contributed by atoms with Crippen molar-refractivity contribution < 1.29 is 5.11 Å². The Balaban J connectivity index is 2.38. The first-order valence-corrected chi connectivity index (χ1v) is 5.75. The zero-order valence-corrected chi connectivity index (χ0v) is 9.67. The molecule has 2 rings (SSSR count). The first kappa shape index (κ1) is 10.9. The Morgan fingerprint density at radius 2 is 1.81 bits per heavy atom. The first-order chi connectivity index (χ1) is 7.79. The summed E-state index contributed by atoms with van der Waals surface area (Å²) < 4.78 is 0. The van der Waals surface area contributed by atoms with Crippen LogP contribution in [0.3, 0.4) is 0 Å². The van der Waals surface area contributed by atoms with Crippen LogP contribution in [0.1, 0.15) is 12.0 Å². The zero-order chi connectivity index (χ0) is 11.4. The van der Waals surface area contributed by atoms with Gasteiger partial charge in [-0.05, 0) is 35.0 Å². The molecule has 0 radical (unpaired) electrons. The summed E-state index contributed by atoms with van der Waals surface area (Å²) in [5.74, 6) is 7.22. The van der Waals surface area contributed by atoms with Gasteiger partial charge in [0.1, 0.15) is 5.75 Å². The fourth-order valence-electron chi connectivity index (χ4n) is 1.53. The minimum absolute atomic E-state index is 0.293. The smallest absolute Gasteiger partial charge is 0.116 e. The predicted octanol–water partition coefficient (Wildman–Crippen LogP) is 3.22. The number of benzene rings is 2. The molecule has 0 atom stereocenters. The normalized spacial score (nSPS) is 9.81. The van der Waals surface area contributed by atoms with Crippen molar-refractivity contribution in [3.63, 3.8) is 0 Å². The number of thiol groups is 1. The molecule has 2 aromatic carbocycles. The predicted molar refractivity (Wildman–Crippen MR) is 71.0 cm³/mol. The van der Waals surface area contributed by atoms with Gasteiger partial charge in [-0.2, -0.15) is 12.6 Å². The maximum atomic E-state index is 9.34. The van der Waals surface area contributed by atoms with E-state index in [0.717, 1.165) is 28.5 Å². The molecule has 2 aromatic rings. The van der Waals surface area contributed by atoms with Gasteiger partial charge in [0.25, 0.3) is 0 Å². The average molecular weight is 228 g/mol. The molecule has 0 aliphatic heterocycles. The van der Waals surface area contributed by atoms with E-state index in [1.165, 1.54) is 0 Å². The van der Waals surface area contributed by atoms with Crippen LogP contribution in [0.5, 0.6) is 5.75 Å². The summed E-state index contributed by atoms with van der Waals surface area (Å²) in [5.41, 5.74) is 1.000. The summed E-state index contributed by atoms with van der Waals surface area (Å²) in [6, 6.07) is 11.3. The molecule has 0 unspecified atom stereocenters. The molecule has 0 aromatic heterocycles. The molecule has 2 heteroatoms. The highest BCUT2D eigenvalue weighted by Gasteiger charge is 1.95. The third kappa shape index (κ3) is 2.50. The molecule has 1 nitrogen and oxygen atoms in total. The topological polar surface area (TPSA) is 20.2 Å². The fraction of sp³-hybridized carbons (Fsp3) is 0.143. The Bertz CT molecular complexity index is 564. The number of rotatable bonds is 1. The van der Waals surface area contributed by atoms with Crippen LogP contribution < -0.4 is 0 Å². The quantitative estimate of drug-likeness (QED) is 0.567. The van der Waals surface area contributed by atoms with Gasteiger partial charge in [0.05, 0.1) is 0 Å². The molecule has 0 saturated heterocycles. The number of phenolic OH excluding ortho intramolecular Hbond substituents is 1. The molecular weight excluding hydrogens is 216 g/mol. The Kier molecular flexibility index (Phi) is 3.38. The van der Waals surface area contributed by atoms with Crippen LogP contribution in [0.25, 0.3) is 10.8 Å². The Morgan fingerprint density at radius 1 is 1.06 bits per heavy atom. The van der Waals surface area contributed by atoms with Gasteiger partial charge in [0, 0.05) is 17.7 Å². The molecule has 0 spiro atoms. The van der Waals surface area contributed by atoms with Crippen LogP contribution in [0.4, 0.5) is 0 Å². The summed E-state index contributed by atoms with van der Waals surface area (Å²) in [5, 5.41) is 11.5. The number of hydrogen-bond acceptors (Lipinski definition) is 2. The van der Waals surface area contributed by atoms with E-state index in [0.29, 0.717) is 5.75 Å². The number of aromatic hydroxyl groups is 1. The van der Waals surface area contributed by atoms with E-state index in [9.17, 15) is 5.11 Å². The van der Waals surface area contributed by atoms with E-state index in [1.54, 1.807) is 12.1 Å². The second kappa shape index (κ2) is 4.96. The fourth-order valence-corrected chi connectivity index (χ4v) is 1.64. The molecule has 1 N–H and O–H groups in total. The molecule has 0 fully saturated rings. The number of fused-ring (bicyclic) bond motifs is 1.